The topological polar surface area (TPSA) is 182 Å². The number of nitrogen functional groups attached to an aromatic ring is 1. The summed E-state index contributed by atoms with van der Waals surface area (Å²) in [4.78, 5) is 64.6. The van der Waals surface area contributed by atoms with E-state index in [1.165, 1.54) is 18.4 Å². The summed E-state index contributed by atoms with van der Waals surface area (Å²) < 4.78 is 13.2. The van der Waals surface area contributed by atoms with E-state index in [1.807, 2.05) is 24.1 Å². The molecule has 5 N–H and O–H groups in total. The molecule has 4 amide bonds. The summed E-state index contributed by atoms with van der Waals surface area (Å²) in [5.74, 6) is -0.00795. The number of aliphatic imine (C=N–C) groups is 1. The molecule has 15 heteroatoms. The van der Waals surface area contributed by atoms with E-state index in [0.29, 0.717) is 74.7 Å². The Morgan fingerprint density at radius 1 is 0.946 bits per heavy atom. The Morgan fingerprint density at radius 3 is 2.50 bits per heavy atom. The zero-order valence-corrected chi connectivity index (χ0v) is 32.1. The molecule has 5 aromatic rings. The molecule has 0 bridgehead atoms. The first kappa shape index (κ1) is 37.8. The third-order valence-electron chi connectivity index (χ3n) is 9.60. The second kappa shape index (κ2) is 16.5. The molecular formula is C41H42N8O6S. The minimum atomic E-state index is -0.374. The molecule has 5 heterocycles. The van der Waals surface area contributed by atoms with Gasteiger partial charge in [0.15, 0.2) is 11.5 Å². The monoisotopic (exact) mass is 774 g/mol. The van der Waals surface area contributed by atoms with Gasteiger partial charge in [0.25, 0.3) is 17.7 Å². The first-order valence-electron chi connectivity index (χ1n) is 18.3. The molecule has 1 saturated heterocycles. The van der Waals surface area contributed by atoms with E-state index >= 15 is 0 Å². The highest BCUT2D eigenvalue weighted by Crippen LogP contribution is 2.38. The SMILES string of the molecule is COc1cc2c(cc1OCCCC(=O)Nc1cc(C(=O)Nc3ccc(-c4cc(C)c(C(=O)Nc5ccc(N)cc5)s4)nc3)n(C)c1)N=CC1CCCCN1C2=O. The van der Waals surface area contributed by atoms with Crippen LogP contribution in [-0.4, -0.2) is 70.6 Å². The number of pyridine rings is 1. The van der Waals surface area contributed by atoms with Crippen LogP contribution in [0.5, 0.6) is 11.5 Å². The number of nitrogens with two attached hydrogens (primary N) is 1. The van der Waals surface area contributed by atoms with Gasteiger partial charge in [-0.05, 0) is 92.8 Å². The molecule has 0 spiro atoms. The van der Waals surface area contributed by atoms with Crippen LogP contribution in [0.25, 0.3) is 10.6 Å². The van der Waals surface area contributed by atoms with Gasteiger partial charge >= 0.3 is 0 Å². The van der Waals surface area contributed by atoms with Crippen LogP contribution in [0.1, 0.15) is 68.2 Å². The number of aromatic nitrogens is 2. The molecule has 288 valence electrons. The molecule has 56 heavy (non-hydrogen) atoms. The lowest BCUT2D eigenvalue weighted by molar-refractivity contribution is -0.116. The Hall–Kier alpha value is -6.48. The molecule has 7 rings (SSSR count). The number of hydrogen-bond acceptors (Lipinski definition) is 10. The van der Waals surface area contributed by atoms with Gasteiger partial charge in [-0.1, -0.05) is 0 Å². The number of ether oxygens (including phenoxy) is 2. The number of thiophene rings is 1. The average Bonchev–Trinajstić information content (AvgIpc) is 3.74. The van der Waals surface area contributed by atoms with Crippen molar-refractivity contribution in [3.63, 3.8) is 0 Å². The smallest absolute Gasteiger partial charge is 0.272 e. The summed E-state index contributed by atoms with van der Waals surface area (Å²) >= 11 is 1.33. The van der Waals surface area contributed by atoms with Crippen LogP contribution in [-0.2, 0) is 11.8 Å². The zero-order chi connectivity index (χ0) is 39.3. The van der Waals surface area contributed by atoms with E-state index < -0.39 is 0 Å². The molecule has 0 aliphatic carbocycles. The lowest BCUT2D eigenvalue weighted by atomic mass is 10.0. The second-order valence-electron chi connectivity index (χ2n) is 13.7. The van der Waals surface area contributed by atoms with Gasteiger partial charge < -0.3 is 40.6 Å². The van der Waals surface area contributed by atoms with Gasteiger partial charge in [-0.25, -0.2) is 0 Å². The van der Waals surface area contributed by atoms with Gasteiger partial charge in [0.2, 0.25) is 5.91 Å². The number of anilines is 4. The largest absolute Gasteiger partial charge is 0.493 e. The number of amides is 4. The number of aryl methyl sites for hydroxylation is 2. The molecule has 0 saturated carbocycles. The lowest BCUT2D eigenvalue weighted by Crippen LogP contribution is -2.43. The number of benzene rings is 2. The Kier molecular flexibility index (Phi) is 11.1. The number of nitrogens with zero attached hydrogens (tertiary/aromatic N) is 4. The fourth-order valence-electron chi connectivity index (χ4n) is 6.68. The summed E-state index contributed by atoms with van der Waals surface area (Å²) in [7, 11) is 3.24. The molecule has 3 aromatic heterocycles. The van der Waals surface area contributed by atoms with Crippen molar-refractivity contribution in [3.8, 4) is 22.1 Å². The third-order valence-corrected chi connectivity index (χ3v) is 10.9. The van der Waals surface area contributed by atoms with Crippen molar-refractivity contribution in [1.29, 1.82) is 0 Å². The van der Waals surface area contributed by atoms with Gasteiger partial charge in [0.05, 0.1) is 64.0 Å². The molecular weight excluding hydrogens is 733 g/mol. The molecule has 0 radical (unpaired) electrons. The highest BCUT2D eigenvalue weighted by Gasteiger charge is 2.31. The van der Waals surface area contributed by atoms with E-state index in [4.69, 9.17) is 15.2 Å². The van der Waals surface area contributed by atoms with Crippen molar-refractivity contribution in [2.75, 3.05) is 41.9 Å². The van der Waals surface area contributed by atoms with Crippen LogP contribution < -0.4 is 31.2 Å². The standard InChI is InChI=1S/C41H42N8O6S/c1-24-17-36(56-38(24)40(52)46-26-11-9-25(42)10-12-26)31-14-13-27(21-43-31)47-39(51)33-18-28(23-48(33)2)45-37(50)8-6-16-55-35-20-32-30(19-34(35)54-3)41(53)49-15-5-4-7-29(49)22-44-32/h9-14,17-23,29H,4-8,15-16,42H2,1-3H3,(H,45,50)(H,46,52)(H,47,51). The molecule has 1 fully saturated rings. The summed E-state index contributed by atoms with van der Waals surface area (Å²) in [6.07, 6.45) is 8.59. The number of fused-ring (bicyclic) bond motifs is 2. The zero-order valence-electron chi connectivity index (χ0n) is 31.3. The Bertz CT molecular complexity index is 2320. The lowest BCUT2D eigenvalue weighted by Gasteiger charge is -2.32. The first-order chi connectivity index (χ1) is 27.1. The number of piperidine rings is 1. The maximum Gasteiger partial charge on any atom is 0.272 e. The molecule has 1 unspecified atom stereocenters. The van der Waals surface area contributed by atoms with Crippen molar-refractivity contribution >= 4 is 69.6 Å². The second-order valence-corrected chi connectivity index (χ2v) is 14.7. The van der Waals surface area contributed by atoms with E-state index in [0.717, 1.165) is 29.7 Å². The van der Waals surface area contributed by atoms with Crippen LogP contribution in [0.3, 0.4) is 0 Å². The fourth-order valence-corrected chi connectivity index (χ4v) is 7.72. The van der Waals surface area contributed by atoms with Crippen LogP contribution in [0.15, 0.2) is 78.0 Å². The predicted molar refractivity (Wildman–Crippen MR) is 218 cm³/mol. The highest BCUT2D eigenvalue weighted by atomic mass is 32.1. The molecule has 1 atom stereocenters. The minimum absolute atomic E-state index is 0.00915. The van der Waals surface area contributed by atoms with Crippen molar-refractivity contribution in [2.24, 2.45) is 12.0 Å². The summed E-state index contributed by atoms with van der Waals surface area (Å²) in [6, 6.07) is 17.4. The number of rotatable bonds is 12. The number of carbonyl (C=O) groups is 4. The van der Waals surface area contributed by atoms with E-state index in [2.05, 4.69) is 25.9 Å². The van der Waals surface area contributed by atoms with Gasteiger partial charge in [0.1, 0.15) is 5.69 Å². The van der Waals surface area contributed by atoms with Crippen molar-refractivity contribution < 1.29 is 28.7 Å². The molecule has 2 aliphatic rings. The number of methoxy groups -OCH3 is 1. The maximum absolute atomic E-state index is 13.3. The Balaban J connectivity index is 0.899. The summed E-state index contributed by atoms with van der Waals surface area (Å²) in [5.41, 5.74) is 10.8. The Labute approximate surface area is 327 Å². The van der Waals surface area contributed by atoms with E-state index in [-0.39, 0.29) is 42.7 Å². The average molecular weight is 775 g/mol. The summed E-state index contributed by atoms with van der Waals surface area (Å²) in [6.45, 7) is 2.81. The summed E-state index contributed by atoms with van der Waals surface area (Å²) in [5, 5.41) is 8.60. The van der Waals surface area contributed by atoms with Gasteiger partial charge in [-0.3, -0.25) is 29.2 Å². The van der Waals surface area contributed by atoms with Gasteiger partial charge in [-0.15, -0.1) is 11.3 Å². The van der Waals surface area contributed by atoms with Crippen LogP contribution >= 0.6 is 11.3 Å². The van der Waals surface area contributed by atoms with Crippen LogP contribution in [0.2, 0.25) is 0 Å². The highest BCUT2D eigenvalue weighted by molar-refractivity contribution is 7.17. The van der Waals surface area contributed by atoms with Crippen molar-refractivity contribution in [2.45, 2.75) is 45.1 Å². The maximum atomic E-state index is 13.3. The minimum Gasteiger partial charge on any atom is -0.493 e. The normalized spacial score (nSPS) is 14.7. The third kappa shape index (κ3) is 8.42. The number of hydrogen-bond donors (Lipinski definition) is 4. The number of carbonyl (C=O) groups excluding carboxylic acids is 4. The molecule has 14 nitrogen and oxygen atoms in total. The van der Waals surface area contributed by atoms with Crippen molar-refractivity contribution in [3.05, 3.63) is 94.8 Å². The van der Waals surface area contributed by atoms with Crippen molar-refractivity contribution in [1.82, 2.24) is 14.5 Å². The quantitative estimate of drug-likeness (QED) is 0.0768. The van der Waals surface area contributed by atoms with E-state index in [9.17, 15) is 19.2 Å². The van der Waals surface area contributed by atoms with Gasteiger partial charge in [0, 0.05) is 49.9 Å². The van der Waals surface area contributed by atoms with Crippen LogP contribution in [0, 0.1) is 6.92 Å². The fraction of sp³-hybridized carbons (Fsp3) is 0.268. The number of nitrogens with one attached hydrogen (secondary N) is 3. The van der Waals surface area contributed by atoms with E-state index in [1.54, 1.807) is 78.6 Å². The first-order valence-corrected chi connectivity index (χ1v) is 19.1. The van der Waals surface area contributed by atoms with Crippen LogP contribution in [0.4, 0.5) is 28.4 Å². The molecule has 2 aliphatic heterocycles. The Morgan fingerprint density at radius 2 is 1.73 bits per heavy atom. The molecule has 2 aromatic carbocycles. The predicted octanol–water partition coefficient (Wildman–Crippen LogP) is 7.06. The van der Waals surface area contributed by atoms with Gasteiger partial charge in [-0.2, -0.15) is 0 Å².